The fourth-order valence-corrected chi connectivity index (χ4v) is 8.49. The highest BCUT2D eigenvalue weighted by Crippen LogP contribution is 2.23. The number of ether oxygens (including phenoxy) is 2. The first-order valence-electron chi connectivity index (χ1n) is 26.5. The van der Waals surface area contributed by atoms with Gasteiger partial charge in [0.25, 0.3) is 0 Å². The lowest BCUT2D eigenvalue weighted by molar-refractivity contribution is -0.150. The van der Waals surface area contributed by atoms with Crippen molar-refractivity contribution in [2.24, 2.45) is 11.8 Å². The maximum absolute atomic E-state index is 13.1. The molecule has 0 fully saturated rings. The Morgan fingerprint density at radius 3 is 0.950 bits per heavy atom. The Morgan fingerprint density at radius 1 is 0.350 bits per heavy atom. The summed E-state index contributed by atoms with van der Waals surface area (Å²) in [6.07, 6.45) is 39.7. The van der Waals surface area contributed by atoms with Gasteiger partial charge in [0.1, 0.15) is 0 Å². The van der Waals surface area contributed by atoms with Crippen molar-refractivity contribution >= 4 is 11.9 Å². The number of hydrogen-bond acceptors (Lipinski definition) is 8. The predicted molar refractivity (Wildman–Crippen MR) is 256 cm³/mol. The van der Waals surface area contributed by atoms with E-state index < -0.39 is 0 Å². The maximum atomic E-state index is 13.1. The number of carbonyl (C=O) groups is 2. The molecule has 0 unspecified atom stereocenters. The number of aliphatic hydroxyl groups excluding tert-OH is 2. The number of nitrogens with zero attached hydrogens (tertiary/aromatic N) is 2. The Labute approximate surface area is 373 Å². The molecule has 0 aromatic carbocycles. The molecular formula is C52H104N2O6. The van der Waals surface area contributed by atoms with Crippen molar-refractivity contribution in [1.29, 1.82) is 0 Å². The second-order valence-electron chi connectivity index (χ2n) is 18.2. The number of carbonyl (C=O) groups excluding carboxylic acids is 2. The zero-order valence-corrected chi connectivity index (χ0v) is 40.7. The molecule has 0 spiro atoms. The van der Waals surface area contributed by atoms with Gasteiger partial charge in [-0.25, -0.2) is 0 Å². The molecular weight excluding hydrogens is 749 g/mol. The average molecular weight is 853 g/mol. The van der Waals surface area contributed by atoms with Crippen molar-refractivity contribution in [2.75, 3.05) is 65.7 Å². The minimum Gasteiger partial charge on any atom is -0.465 e. The van der Waals surface area contributed by atoms with Crippen LogP contribution in [-0.4, -0.2) is 97.6 Å². The summed E-state index contributed by atoms with van der Waals surface area (Å²) >= 11 is 0. The molecule has 0 saturated carbocycles. The standard InChI is InChI=1S/C52H104N2O6/c1-5-9-13-17-21-27-35-49(36-28-22-18-14-10-6-2)51(57)59-47-33-26-25-31-39-53(43-45-55)41-42-54(44-46-56)40-32-34-48-60-52(58)50(37-29-23-19-15-11-7-3)38-30-24-20-16-12-8-4/h49-50,55-56H,5-48H2,1-4H3. The van der Waals surface area contributed by atoms with Gasteiger partial charge in [0.05, 0.1) is 38.3 Å². The topological polar surface area (TPSA) is 99.5 Å². The second-order valence-corrected chi connectivity index (χ2v) is 18.2. The number of aliphatic hydroxyl groups is 2. The van der Waals surface area contributed by atoms with Crippen molar-refractivity contribution in [3.63, 3.8) is 0 Å². The van der Waals surface area contributed by atoms with E-state index in [9.17, 15) is 19.8 Å². The molecule has 0 aromatic heterocycles. The largest absolute Gasteiger partial charge is 0.465 e. The predicted octanol–water partition coefficient (Wildman–Crippen LogP) is 13.2. The Bertz CT molecular complexity index is 859. The summed E-state index contributed by atoms with van der Waals surface area (Å²) < 4.78 is 11.7. The molecule has 358 valence electrons. The fourth-order valence-electron chi connectivity index (χ4n) is 8.49. The Hall–Kier alpha value is -1.22. The molecule has 0 aromatic rings. The highest BCUT2D eigenvalue weighted by Gasteiger charge is 2.21. The summed E-state index contributed by atoms with van der Waals surface area (Å²) in [4.78, 5) is 30.9. The SMILES string of the molecule is CCCCCCCCC(CCCCCCCC)C(=O)OCCCCCCN(CCO)CCN(CCO)CCCCOC(=O)C(CCCCCCCC)CCCCCCCC. The summed E-state index contributed by atoms with van der Waals surface area (Å²) in [5.41, 5.74) is 0. The van der Waals surface area contributed by atoms with Crippen LogP contribution in [0.15, 0.2) is 0 Å². The molecule has 0 saturated heterocycles. The van der Waals surface area contributed by atoms with Crippen molar-refractivity contribution in [2.45, 2.75) is 246 Å². The third-order valence-corrected chi connectivity index (χ3v) is 12.6. The van der Waals surface area contributed by atoms with E-state index in [0.717, 1.165) is 116 Å². The Morgan fingerprint density at radius 2 is 0.617 bits per heavy atom. The molecule has 2 N–H and O–H groups in total. The smallest absolute Gasteiger partial charge is 0.308 e. The van der Waals surface area contributed by atoms with E-state index in [1.165, 1.54) is 128 Å². The van der Waals surface area contributed by atoms with Crippen LogP contribution < -0.4 is 0 Å². The molecule has 0 bridgehead atoms. The van der Waals surface area contributed by atoms with E-state index in [0.29, 0.717) is 26.3 Å². The van der Waals surface area contributed by atoms with E-state index in [2.05, 4.69) is 37.5 Å². The number of rotatable bonds is 49. The van der Waals surface area contributed by atoms with Crippen LogP contribution in [0.4, 0.5) is 0 Å². The average Bonchev–Trinajstić information content (AvgIpc) is 3.25. The summed E-state index contributed by atoms with van der Waals surface area (Å²) in [6.45, 7) is 15.0. The van der Waals surface area contributed by atoms with Crippen LogP contribution in [0.3, 0.4) is 0 Å². The quantitative estimate of drug-likeness (QED) is 0.0461. The van der Waals surface area contributed by atoms with Gasteiger partial charge in [-0.15, -0.1) is 0 Å². The number of esters is 2. The van der Waals surface area contributed by atoms with E-state index in [1.807, 2.05) is 0 Å². The van der Waals surface area contributed by atoms with Crippen LogP contribution in [0, 0.1) is 11.8 Å². The third-order valence-electron chi connectivity index (χ3n) is 12.6. The zero-order valence-electron chi connectivity index (χ0n) is 40.7. The molecule has 0 amide bonds. The van der Waals surface area contributed by atoms with Gasteiger partial charge in [0.2, 0.25) is 0 Å². The van der Waals surface area contributed by atoms with Gasteiger partial charge < -0.3 is 19.7 Å². The van der Waals surface area contributed by atoms with Crippen LogP contribution in [0.2, 0.25) is 0 Å². The maximum Gasteiger partial charge on any atom is 0.308 e. The van der Waals surface area contributed by atoms with E-state index in [-0.39, 0.29) is 37.0 Å². The van der Waals surface area contributed by atoms with Crippen molar-refractivity contribution in [1.82, 2.24) is 9.80 Å². The summed E-state index contributed by atoms with van der Waals surface area (Å²) in [7, 11) is 0. The molecule has 8 nitrogen and oxygen atoms in total. The van der Waals surface area contributed by atoms with E-state index >= 15 is 0 Å². The van der Waals surface area contributed by atoms with Crippen LogP contribution in [0.1, 0.15) is 246 Å². The van der Waals surface area contributed by atoms with Gasteiger partial charge >= 0.3 is 11.9 Å². The second kappa shape index (κ2) is 47.3. The van der Waals surface area contributed by atoms with Crippen LogP contribution in [0.25, 0.3) is 0 Å². The van der Waals surface area contributed by atoms with Crippen molar-refractivity contribution in [3.05, 3.63) is 0 Å². The number of unbranched alkanes of at least 4 members (excludes halogenated alkanes) is 24. The normalized spacial score (nSPS) is 11.8. The molecule has 8 heteroatoms. The van der Waals surface area contributed by atoms with Gasteiger partial charge in [0.15, 0.2) is 0 Å². The van der Waals surface area contributed by atoms with Crippen LogP contribution in [-0.2, 0) is 19.1 Å². The first-order valence-corrected chi connectivity index (χ1v) is 26.5. The summed E-state index contributed by atoms with van der Waals surface area (Å²) in [5, 5.41) is 19.5. The molecule has 60 heavy (non-hydrogen) atoms. The zero-order chi connectivity index (χ0) is 44.0. The highest BCUT2D eigenvalue weighted by atomic mass is 16.5. The van der Waals surface area contributed by atoms with Gasteiger partial charge in [-0.2, -0.15) is 0 Å². The molecule has 0 aliphatic heterocycles. The van der Waals surface area contributed by atoms with E-state index in [4.69, 9.17) is 9.47 Å². The molecule has 0 aliphatic rings. The monoisotopic (exact) mass is 853 g/mol. The van der Waals surface area contributed by atoms with Gasteiger partial charge in [-0.05, 0) is 64.5 Å². The lowest BCUT2D eigenvalue weighted by Crippen LogP contribution is -2.38. The number of hydrogen-bond donors (Lipinski definition) is 2. The first kappa shape index (κ1) is 58.8. The molecule has 0 rings (SSSR count). The van der Waals surface area contributed by atoms with Crippen LogP contribution in [0.5, 0.6) is 0 Å². The van der Waals surface area contributed by atoms with Crippen molar-refractivity contribution in [3.8, 4) is 0 Å². The van der Waals surface area contributed by atoms with Gasteiger partial charge in [-0.1, -0.05) is 195 Å². The van der Waals surface area contributed by atoms with Crippen molar-refractivity contribution < 1.29 is 29.3 Å². The minimum absolute atomic E-state index is 0.0104. The first-order chi connectivity index (χ1) is 29.5. The molecule has 0 atom stereocenters. The lowest BCUT2D eigenvalue weighted by Gasteiger charge is -2.27. The third kappa shape index (κ3) is 38.5. The van der Waals surface area contributed by atoms with E-state index in [1.54, 1.807) is 0 Å². The molecule has 0 radical (unpaired) electrons. The van der Waals surface area contributed by atoms with Crippen LogP contribution >= 0.6 is 0 Å². The molecule has 0 aliphatic carbocycles. The lowest BCUT2D eigenvalue weighted by atomic mass is 9.94. The van der Waals surface area contributed by atoms with Gasteiger partial charge in [0, 0.05) is 26.2 Å². The molecule has 0 heterocycles. The summed E-state index contributed by atoms with van der Waals surface area (Å²) in [6, 6.07) is 0. The minimum atomic E-state index is 0.0104. The highest BCUT2D eigenvalue weighted by molar-refractivity contribution is 5.72. The Balaban J connectivity index is 4.55. The Kier molecular flexibility index (Phi) is 46.3. The summed E-state index contributed by atoms with van der Waals surface area (Å²) in [5.74, 6) is 0.149. The fraction of sp³-hybridized carbons (Fsp3) is 0.962. The van der Waals surface area contributed by atoms with Gasteiger partial charge in [-0.3, -0.25) is 19.4 Å².